The van der Waals surface area contributed by atoms with E-state index in [1.165, 1.54) is 24.1 Å². The second kappa shape index (κ2) is 8.55. The lowest BCUT2D eigenvalue weighted by atomic mass is 9.75. The Bertz CT molecular complexity index is 1160. The van der Waals surface area contributed by atoms with Crippen LogP contribution < -0.4 is 10.6 Å². The van der Waals surface area contributed by atoms with E-state index in [9.17, 15) is 0 Å². The molecular formula is C24H27N7OS. The van der Waals surface area contributed by atoms with E-state index in [0.717, 1.165) is 49.3 Å². The lowest BCUT2D eigenvalue weighted by Crippen LogP contribution is -2.66. The number of aromatic nitrogens is 4. The summed E-state index contributed by atoms with van der Waals surface area (Å²) in [5.74, 6) is 2.98. The molecule has 170 valence electrons. The molecule has 1 unspecified atom stereocenters. The van der Waals surface area contributed by atoms with Crippen molar-refractivity contribution in [3.05, 3.63) is 54.1 Å². The zero-order valence-electron chi connectivity index (χ0n) is 18.6. The Kier molecular flexibility index (Phi) is 5.40. The van der Waals surface area contributed by atoms with Crippen LogP contribution in [0.25, 0.3) is 0 Å². The van der Waals surface area contributed by atoms with Crippen LogP contribution in [0.1, 0.15) is 30.1 Å². The molecule has 0 bridgehead atoms. The zero-order chi connectivity index (χ0) is 22.3. The summed E-state index contributed by atoms with van der Waals surface area (Å²) in [5, 5.41) is 6.64. The molecule has 2 fully saturated rings. The first-order chi connectivity index (χ1) is 16.2. The van der Waals surface area contributed by atoms with Crippen molar-refractivity contribution in [2.24, 2.45) is 5.41 Å². The van der Waals surface area contributed by atoms with E-state index in [1.807, 2.05) is 24.5 Å². The third kappa shape index (κ3) is 4.05. The summed E-state index contributed by atoms with van der Waals surface area (Å²) in [5.41, 5.74) is 3.02. The summed E-state index contributed by atoms with van der Waals surface area (Å²) < 4.78 is 5.44. The molecule has 2 saturated heterocycles. The Morgan fingerprint density at radius 3 is 2.70 bits per heavy atom. The molecule has 0 saturated carbocycles. The number of likely N-dealkylation sites (tertiary alicyclic amines) is 1. The van der Waals surface area contributed by atoms with E-state index in [2.05, 4.69) is 42.6 Å². The lowest BCUT2D eigenvalue weighted by molar-refractivity contribution is -0.200. The number of aryl methyl sites for hydroxylation is 1. The van der Waals surface area contributed by atoms with Crippen LogP contribution in [0, 0.1) is 5.41 Å². The van der Waals surface area contributed by atoms with Crippen molar-refractivity contribution in [1.82, 2.24) is 24.8 Å². The fourth-order valence-electron chi connectivity index (χ4n) is 5.09. The molecule has 2 aliphatic heterocycles. The molecule has 0 radical (unpaired) electrons. The average Bonchev–Trinajstić information content (AvgIpc) is 2.78. The van der Waals surface area contributed by atoms with E-state index in [1.54, 1.807) is 24.3 Å². The van der Waals surface area contributed by atoms with Crippen molar-refractivity contribution in [3.8, 4) is 0 Å². The maximum absolute atomic E-state index is 5.44. The normalized spacial score (nSPS) is 21.1. The Morgan fingerprint density at radius 1 is 1.06 bits per heavy atom. The molecule has 5 heterocycles. The molecule has 3 aliphatic rings. The van der Waals surface area contributed by atoms with Gasteiger partial charge >= 0.3 is 0 Å². The van der Waals surface area contributed by atoms with Gasteiger partial charge in [0.1, 0.15) is 29.6 Å². The van der Waals surface area contributed by atoms with Crippen molar-refractivity contribution in [1.29, 1.82) is 0 Å². The smallest absolute Gasteiger partial charge is 0.145 e. The van der Waals surface area contributed by atoms with E-state index in [-0.39, 0.29) is 0 Å². The summed E-state index contributed by atoms with van der Waals surface area (Å²) >= 11 is 1.64. The van der Waals surface area contributed by atoms with Crippen molar-refractivity contribution >= 4 is 35.0 Å². The first-order valence-corrected chi connectivity index (χ1v) is 12.6. The van der Waals surface area contributed by atoms with Crippen LogP contribution in [0.4, 0.5) is 23.3 Å². The molecule has 1 spiro atoms. The Hall–Kier alpha value is -2.75. The molecule has 1 aliphatic carbocycles. The molecule has 3 aromatic rings. The first-order valence-electron chi connectivity index (χ1n) is 11.4. The molecule has 0 aromatic carbocycles. The highest BCUT2D eigenvalue weighted by Crippen LogP contribution is 2.45. The summed E-state index contributed by atoms with van der Waals surface area (Å²) in [6, 6.07) is 10.6. The highest BCUT2D eigenvalue weighted by molar-refractivity contribution is 7.98. The quantitative estimate of drug-likeness (QED) is 0.525. The van der Waals surface area contributed by atoms with E-state index in [4.69, 9.17) is 9.72 Å². The van der Waals surface area contributed by atoms with Gasteiger partial charge in [-0.1, -0.05) is 6.07 Å². The Morgan fingerprint density at radius 2 is 1.91 bits per heavy atom. The lowest BCUT2D eigenvalue weighted by Gasteiger charge is -2.58. The number of nitrogens with zero attached hydrogens (tertiary/aromatic N) is 5. The van der Waals surface area contributed by atoms with Crippen molar-refractivity contribution in [3.63, 3.8) is 0 Å². The van der Waals surface area contributed by atoms with Crippen LogP contribution in [0.15, 0.2) is 47.8 Å². The second-order valence-electron chi connectivity index (χ2n) is 9.13. The minimum Gasteiger partial charge on any atom is -0.380 e. The third-order valence-electron chi connectivity index (χ3n) is 6.75. The number of hydrogen-bond acceptors (Lipinski definition) is 9. The first kappa shape index (κ1) is 20.8. The number of nitrogens with one attached hydrogen (secondary N) is 2. The minimum absolute atomic E-state index is 0.442. The van der Waals surface area contributed by atoms with Crippen LogP contribution in [0.2, 0.25) is 0 Å². The zero-order valence-corrected chi connectivity index (χ0v) is 19.4. The molecule has 9 heteroatoms. The van der Waals surface area contributed by atoms with Crippen molar-refractivity contribution in [2.45, 2.75) is 30.2 Å². The van der Waals surface area contributed by atoms with E-state index in [0.29, 0.717) is 23.1 Å². The summed E-state index contributed by atoms with van der Waals surface area (Å²) in [6.07, 6.45) is 8.76. The predicted molar refractivity (Wildman–Crippen MR) is 129 cm³/mol. The van der Waals surface area contributed by atoms with Gasteiger partial charge in [-0.15, -0.1) is 11.8 Å². The summed E-state index contributed by atoms with van der Waals surface area (Å²) in [7, 11) is 0. The average molecular weight is 462 g/mol. The molecule has 3 aromatic heterocycles. The largest absolute Gasteiger partial charge is 0.380 e. The fraction of sp³-hybridized carbons (Fsp3) is 0.417. The fourth-order valence-corrected chi connectivity index (χ4v) is 5.60. The molecule has 8 nitrogen and oxygen atoms in total. The van der Waals surface area contributed by atoms with Crippen LogP contribution in [0.5, 0.6) is 0 Å². The summed E-state index contributed by atoms with van der Waals surface area (Å²) in [4.78, 5) is 21.8. The standard InChI is InChI=1S/C24H27N7OS/c1-33-19-6-3-9-25-23(19)30-22-10-21(26-15-27-22)29-20-8-7-16-17(28-20)4-2-5-18(16)31-11-24(12-31)13-32-14-24/h3,6-10,15,18H,2,4-5,11-14H2,1H3,(H2,25,26,27,28,29,30). The maximum Gasteiger partial charge on any atom is 0.145 e. The minimum atomic E-state index is 0.442. The monoisotopic (exact) mass is 461 g/mol. The second-order valence-corrected chi connectivity index (χ2v) is 9.98. The van der Waals surface area contributed by atoms with Crippen LogP contribution in [0.3, 0.4) is 0 Å². The molecule has 0 amide bonds. The van der Waals surface area contributed by atoms with Gasteiger partial charge in [0, 0.05) is 47.4 Å². The van der Waals surface area contributed by atoms with E-state index < -0.39 is 0 Å². The van der Waals surface area contributed by atoms with Gasteiger partial charge < -0.3 is 15.4 Å². The number of thioether (sulfide) groups is 1. The van der Waals surface area contributed by atoms with Crippen LogP contribution in [-0.4, -0.2) is 57.4 Å². The number of hydrogen-bond donors (Lipinski definition) is 2. The SMILES string of the molecule is CSc1cccnc1Nc1cc(Nc2ccc3c(n2)CCCC3N2CC3(COC3)C2)ncn1. The van der Waals surface area contributed by atoms with Crippen LogP contribution >= 0.6 is 11.8 Å². The number of fused-ring (bicyclic) bond motifs is 1. The van der Waals surface area contributed by atoms with Gasteiger partial charge in [0.15, 0.2) is 0 Å². The molecule has 6 rings (SSSR count). The third-order valence-corrected chi connectivity index (χ3v) is 7.52. The highest BCUT2D eigenvalue weighted by Gasteiger charge is 2.51. The number of ether oxygens (including phenoxy) is 1. The molecule has 1 atom stereocenters. The van der Waals surface area contributed by atoms with Gasteiger partial charge in [0.2, 0.25) is 0 Å². The van der Waals surface area contributed by atoms with Gasteiger partial charge in [-0.2, -0.15) is 0 Å². The van der Waals surface area contributed by atoms with Gasteiger partial charge in [-0.05, 0) is 49.3 Å². The van der Waals surface area contributed by atoms with Gasteiger partial charge in [-0.3, -0.25) is 4.90 Å². The van der Waals surface area contributed by atoms with E-state index >= 15 is 0 Å². The van der Waals surface area contributed by atoms with Gasteiger partial charge in [0.05, 0.1) is 13.2 Å². The number of rotatable bonds is 6. The van der Waals surface area contributed by atoms with Crippen molar-refractivity contribution in [2.75, 3.05) is 43.2 Å². The number of anilines is 4. The van der Waals surface area contributed by atoms with Crippen LogP contribution in [-0.2, 0) is 11.2 Å². The summed E-state index contributed by atoms with van der Waals surface area (Å²) in [6.45, 7) is 4.17. The molecule has 33 heavy (non-hydrogen) atoms. The van der Waals surface area contributed by atoms with Gasteiger partial charge in [-0.25, -0.2) is 19.9 Å². The Balaban J connectivity index is 1.17. The predicted octanol–water partition coefficient (Wildman–Crippen LogP) is 4.19. The molecule has 2 N–H and O–H groups in total. The van der Waals surface area contributed by atoms with Gasteiger partial charge in [0.25, 0.3) is 0 Å². The number of pyridine rings is 2. The maximum atomic E-state index is 5.44. The Labute approximate surface area is 197 Å². The molecular weight excluding hydrogens is 434 g/mol. The highest BCUT2D eigenvalue weighted by atomic mass is 32.2. The topological polar surface area (TPSA) is 88.1 Å². The van der Waals surface area contributed by atoms with Crippen molar-refractivity contribution < 1.29 is 4.74 Å².